The van der Waals surface area contributed by atoms with E-state index in [1.54, 1.807) is 12.3 Å². The molecule has 4 heteroatoms. The van der Waals surface area contributed by atoms with Crippen molar-refractivity contribution in [2.75, 3.05) is 6.54 Å². The molecule has 0 spiro atoms. The fourth-order valence-corrected chi connectivity index (χ4v) is 1.44. The molecule has 4 nitrogen and oxygen atoms in total. The summed E-state index contributed by atoms with van der Waals surface area (Å²) in [7, 11) is 0. The van der Waals surface area contributed by atoms with Crippen LogP contribution in [0, 0.1) is 6.92 Å². The smallest absolute Gasteiger partial charge is 0.287 e. The van der Waals surface area contributed by atoms with Crippen LogP contribution in [-0.2, 0) is 6.42 Å². The highest BCUT2D eigenvalue weighted by molar-refractivity contribution is 5.92. The van der Waals surface area contributed by atoms with Gasteiger partial charge in [-0.15, -0.1) is 0 Å². The van der Waals surface area contributed by atoms with Crippen LogP contribution >= 0.6 is 0 Å². The van der Waals surface area contributed by atoms with E-state index in [2.05, 4.69) is 5.32 Å². The summed E-state index contributed by atoms with van der Waals surface area (Å²) in [5.74, 6) is 1.05. The van der Waals surface area contributed by atoms with Crippen LogP contribution in [0.3, 0.4) is 0 Å². The quantitative estimate of drug-likeness (QED) is 0.857. The molecule has 16 heavy (non-hydrogen) atoms. The molecular formula is C12H13NO3. The Hall–Kier alpha value is -1.97. The topological polar surface area (TPSA) is 55.4 Å². The van der Waals surface area contributed by atoms with Gasteiger partial charge in [0.05, 0.1) is 12.5 Å². The largest absolute Gasteiger partial charge is 0.469 e. The summed E-state index contributed by atoms with van der Waals surface area (Å²) in [5.41, 5.74) is 0.843. The monoisotopic (exact) mass is 219 g/mol. The predicted molar refractivity (Wildman–Crippen MR) is 58.2 cm³/mol. The Balaban J connectivity index is 1.83. The lowest BCUT2D eigenvalue weighted by Crippen LogP contribution is -2.25. The second-order valence-electron chi connectivity index (χ2n) is 3.52. The maximum Gasteiger partial charge on any atom is 0.287 e. The number of aryl methyl sites for hydroxylation is 1. The molecule has 0 fully saturated rings. The molecule has 2 aromatic rings. The Morgan fingerprint density at radius 2 is 2.19 bits per heavy atom. The van der Waals surface area contributed by atoms with Crippen molar-refractivity contribution >= 4 is 5.91 Å². The van der Waals surface area contributed by atoms with E-state index in [1.807, 2.05) is 19.1 Å². The number of nitrogens with one attached hydrogen (secondary N) is 1. The van der Waals surface area contributed by atoms with Crippen molar-refractivity contribution in [2.45, 2.75) is 13.3 Å². The van der Waals surface area contributed by atoms with Crippen LogP contribution in [0.2, 0.25) is 0 Å². The molecule has 0 aliphatic carbocycles. The molecule has 0 saturated carbocycles. The zero-order chi connectivity index (χ0) is 11.4. The molecule has 84 valence electrons. The first-order chi connectivity index (χ1) is 7.77. The summed E-state index contributed by atoms with van der Waals surface area (Å²) in [6, 6.07) is 5.47. The molecule has 0 saturated heterocycles. The van der Waals surface area contributed by atoms with Crippen molar-refractivity contribution in [3.05, 3.63) is 47.8 Å². The van der Waals surface area contributed by atoms with E-state index in [0.717, 1.165) is 11.3 Å². The molecule has 1 amide bonds. The molecule has 0 aliphatic rings. The number of carbonyl (C=O) groups excluding carboxylic acids is 1. The van der Waals surface area contributed by atoms with E-state index >= 15 is 0 Å². The maximum atomic E-state index is 11.6. The first-order valence-corrected chi connectivity index (χ1v) is 5.12. The molecule has 0 radical (unpaired) electrons. The zero-order valence-corrected chi connectivity index (χ0v) is 9.03. The predicted octanol–water partition coefficient (Wildman–Crippen LogP) is 2.15. The van der Waals surface area contributed by atoms with Gasteiger partial charge in [-0.3, -0.25) is 4.79 Å². The van der Waals surface area contributed by atoms with E-state index in [9.17, 15) is 4.79 Å². The fraction of sp³-hybridized carbons (Fsp3) is 0.250. The van der Waals surface area contributed by atoms with Crippen molar-refractivity contribution in [3.63, 3.8) is 0 Å². The minimum atomic E-state index is -0.186. The third kappa shape index (κ3) is 2.34. The summed E-state index contributed by atoms with van der Waals surface area (Å²) >= 11 is 0. The van der Waals surface area contributed by atoms with Crippen LogP contribution < -0.4 is 5.32 Å². The van der Waals surface area contributed by atoms with Crippen molar-refractivity contribution in [2.24, 2.45) is 0 Å². The molecule has 0 aliphatic heterocycles. The highest BCUT2D eigenvalue weighted by Crippen LogP contribution is 2.08. The van der Waals surface area contributed by atoms with Crippen LogP contribution in [-0.4, -0.2) is 12.5 Å². The Kier molecular flexibility index (Phi) is 3.10. The lowest BCUT2D eigenvalue weighted by Gasteiger charge is -2.02. The van der Waals surface area contributed by atoms with E-state index in [-0.39, 0.29) is 5.91 Å². The van der Waals surface area contributed by atoms with E-state index < -0.39 is 0 Å². The van der Waals surface area contributed by atoms with Gasteiger partial charge in [-0.05, 0) is 25.1 Å². The summed E-state index contributed by atoms with van der Waals surface area (Å²) in [5, 5.41) is 2.77. The Morgan fingerprint density at radius 3 is 2.81 bits per heavy atom. The first-order valence-electron chi connectivity index (χ1n) is 5.12. The number of hydrogen-bond donors (Lipinski definition) is 1. The van der Waals surface area contributed by atoms with Gasteiger partial charge in [0.2, 0.25) is 0 Å². The third-order valence-electron chi connectivity index (χ3n) is 2.31. The van der Waals surface area contributed by atoms with E-state index in [0.29, 0.717) is 18.7 Å². The molecule has 1 N–H and O–H groups in total. The summed E-state index contributed by atoms with van der Waals surface area (Å²) in [6.07, 6.45) is 3.81. The van der Waals surface area contributed by atoms with Crippen LogP contribution in [0.15, 0.2) is 39.6 Å². The van der Waals surface area contributed by atoms with Crippen LogP contribution in [0.1, 0.15) is 21.9 Å². The molecule has 0 unspecified atom stereocenters. The first kappa shape index (κ1) is 10.5. The number of hydrogen-bond acceptors (Lipinski definition) is 3. The van der Waals surface area contributed by atoms with Gasteiger partial charge < -0.3 is 14.2 Å². The van der Waals surface area contributed by atoms with Gasteiger partial charge in [0.1, 0.15) is 5.76 Å². The third-order valence-corrected chi connectivity index (χ3v) is 2.31. The fourth-order valence-electron chi connectivity index (χ4n) is 1.44. The highest BCUT2D eigenvalue weighted by atomic mass is 16.3. The van der Waals surface area contributed by atoms with Crippen molar-refractivity contribution in [1.29, 1.82) is 0 Å². The second kappa shape index (κ2) is 4.70. The highest BCUT2D eigenvalue weighted by Gasteiger charge is 2.11. The number of carbonyl (C=O) groups is 1. The van der Waals surface area contributed by atoms with Gasteiger partial charge in [0, 0.05) is 18.5 Å². The molecule has 0 aromatic carbocycles. The second-order valence-corrected chi connectivity index (χ2v) is 3.52. The van der Waals surface area contributed by atoms with E-state index in [1.165, 1.54) is 6.26 Å². The van der Waals surface area contributed by atoms with Crippen molar-refractivity contribution in [1.82, 2.24) is 5.32 Å². The number of amides is 1. The average molecular weight is 219 g/mol. The van der Waals surface area contributed by atoms with Gasteiger partial charge in [0.25, 0.3) is 5.91 Å². The molecule has 2 aromatic heterocycles. The van der Waals surface area contributed by atoms with Crippen LogP contribution in [0.5, 0.6) is 0 Å². The molecule has 2 rings (SSSR count). The lowest BCUT2D eigenvalue weighted by molar-refractivity contribution is 0.0925. The van der Waals surface area contributed by atoms with Crippen LogP contribution in [0.25, 0.3) is 0 Å². The van der Waals surface area contributed by atoms with Gasteiger partial charge in [0.15, 0.2) is 5.76 Å². The lowest BCUT2D eigenvalue weighted by atomic mass is 10.2. The molecule has 2 heterocycles. The van der Waals surface area contributed by atoms with Gasteiger partial charge in [-0.1, -0.05) is 0 Å². The Bertz CT molecular complexity index is 456. The summed E-state index contributed by atoms with van der Waals surface area (Å²) in [6.45, 7) is 2.37. The number of furan rings is 2. The Morgan fingerprint density at radius 1 is 1.31 bits per heavy atom. The molecule has 0 atom stereocenters. The zero-order valence-electron chi connectivity index (χ0n) is 9.03. The summed E-state index contributed by atoms with van der Waals surface area (Å²) < 4.78 is 10.2. The molecular weight excluding hydrogens is 206 g/mol. The molecule has 0 bridgehead atoms. The van der Waals surface area contributed by atoms with Gasteiger partial charge in [-0.2, -0.15) is 0 Å². The van der Waals surface area contributed by atoms with Crippen molar-refractivity contribution < 1.29 is 13.6 Å². The normalized spacial score (nSPS) is 10.3. The maximum absolute atomic E-state index is 11.6. The minimum absolute atomic E-state index is 0.186. The van der Waals surface area contributed by atoms with E-state index in [4.69, 9.17) is 8.83 Å². The van der Waals surface area contributed by atoms with Gasteiger partial charge >= 0.3 is 0 Å². The number of rotatable bonds is 4. The Labute approximate surface area is 93.2 Å². The van der Waals surface area contributed by atoms with Crippen LogP contribution in [0.4, 0.5) is 0 Å². The SMILES string of the molecule is Cc1ccoc1C(=O)NCCc1ccco1. The van der Waals surface area contributed by atoms with Crippen molar-refractivity contribution in [3.8, 4) is 0 Å². The minimum Gasteiger partial charge on any atom is -0.469 e. The standard InChI is InChI=1S/C12H13NO3/c1-9-5-8-16-11(9)12(14)13-6-4-10-3-2-7-15-10/h2-3,5,7-8H,4,6H2,1H3,(H,13,14). The average Bonchev–Trinajstić information content (AvgIpc) is 2.88. The summed E-state index contributed by atoms with van der Waals surface area (Å²) in [4.78, 5) is 11.6. The van der Waals surface area contributed by atoms with Gasteiger partial charge in [-0.25, -0.2) is 0 Å².